The number of hydrogen-bond acceptors (Lipinski definition) is 8. The molecule has 10 nitrogen and oxygen atoms in total. The molecular formula is C33H36FN5O5. The lowest BCUT2D eigenvalue weighted by Crippen LogP contribution is -2.35. The van der Waals surface area contributed by atoms with Crippen molar-refractivity contribution < 1.29 is 28.6 Å². The summed E-state index contributed by atoms with van der Waals surface area (Å²) < 4.78 is 26.4. The Morgan fingerprint density at radius 1 is 1.20 bits per heavy atom. The first-order valence-corrected chi connectivity index (χ1v) is 14.3. The summed E-state index contributed by atoms with van der Waals surface area (Å²) in [4.78, 5) is 32.4. The third kappa shape index (κ3) is 6.68. The van der Waals surface area contributed by atoms with Gasteiger partial charge in [-0.3, -0.25) is 10.1 Å². The normalized spacial score (nSPS) is 18.1. The number of aryl methyl sites for hydroxylation is 1. The summed E-state index contributed by atoms with van der Waals surface area (Å²) in [5.74, 6) is -0.886. The number of aliphatic hydroxyl groups excluding tert-OH is 1. The highest BCUT2D eigenvalue weighted by atomic mass is 19.1. The van der Waals surface area contributed by atoms with Crippen molar-refractivity contribution in [2.45, 2.75) is 45.4 Å². The van der Waals surface area contributed by atoms with Gasteiger partial charge >= 0.3 is 6.09 Å². The number of nitrogen functional groups attached to an aromatic ring is 1. The van der Waals surface area contributed by atoms with Gasteiger partial charge in [0, 0.05) is 54.1 Å². The number of rotatable bonds is 5. The van der Waals surface area contributed by atoms with E-state index >= 15 is 4.39 Å². The van der Waals surface area contributed by atoms with Crippen molar-refractivity contribution >= 4 is 40.0 Å². The standard InChI is InChI=1S/C33H36FN5O5/c1-18-11-22-5-7-26(18)19(2)16-44-33(42)38-25-13-23(30(28(34)14-25)43-17-20(3)40)15-39(4)32(41)29(22)37-24-6-8-27-21(12-24)9-10-36-31(27)35/h5-14,19-20,29,37,40H,15-17H2,1-4H3,(H2,35,36)(H,38,42). The number of aromatic nitrogens is 1. The highest BCUT2D eigenvalue weighted by Crippen LogP contribution is 2.32. The van der Waals surface area contributed by atoms with Gasteiger partial charge in [0.15, 0.2) is 11.6 Å². The van der Waals surface area contributed by atoms with Gasteiger partial charge in [0.1, 0.15) is 18.5 Å². The molecule has 0 fully saturated rings. The molecule has 0 aliphatic carbocycles. The van der Waals surface area contributed by atoms with E-state index in [0.717, 1.165) is 33.5 Å². The van der Waals surface area contributed by atoms with Crippen LogP contribution in [0.3, 0.4) is 0 Å². The number of nitrogens with zero attached hydrogens (tertiary/aromatic N) is 2. The second-order valence-electron chi connectivity index (χ2n) is 11.3. The van der Waals surface area contributed by atoms with E-state index in [2.05, 4.69) is 15.6 Å². The van der Waals surface area contributed by atoms with Crippen LogP contribution in [0.25, 0.3) is 10.8 Å². The quantitative estimate of drug-likeness (QED) is 0.235. The van der Waals surface area contributed by atoms with Gasteiger partial charge in [0.25, 0.3) is 0 Å². The van der Waals surface area contributed by atoms with Crippen molar-refractivity contribution in [3.8, 4) is 5.75 Å². The fraction of sp³-hybridized carbons (Fsp3) is 0.303. The van der Waals surface area contributed by atoms with Crippen molar-refractivity contribution in [1.29, 1.82) is 0 Å². The molecule has 230 valence electrons. The molecule has 4 bridgehead atoms. The van der Waals surface area contributed by atoms with Crippen LogP contribution < -0.4 is 21.1 Å². The van der Waals surface area contributed by atoms with Gasteiger partial charge in [-0.15, -0.1) is 0 Å². The summed E-state index contributed by atoms with van der Waals surface area (Å²) in [6, 6.07) is 15.1. The maximum absolute atomic E-state index is 15.3. The Morgan fingerprint density at radius 3 is 2.75 bits per heavy atom. The van der Waals surface area contributed by atoms with E-state index in [1.165, 1.54) is 17.9 Å². The topological polar surface area (TPSA) is 139 Å². The molecule has 0 radical (unpaired) electrons. The van der Waals surface area contributed by atoms with Crippen LogP contribution >= 0.6 is 0 Å². The minimum Gasteiger partial charge on any atom is -0.487 e. The number of hydrogen-bond donors (Lipinski definition) is 4. The molecule has 3 heterocycles. The van der Waals surface area contributed by atoms with E-state index in [1.54, 1.807) is 13.2 Å². The van der Waals surface area contributed by atoms with Crippen molar-refractivity contribution in [2.24, 2.45) is 0 Å². The Bertz CT molecular complexity index is 1710. The molecule has 2 aliphatic heterocycles. The second kappa shape index (κ2) is 12.8. The molecule has 0 saturated heterocycles. The summed E-state index contributed by atoms with van der Waals surface area (Å²) >= 11 is 0. The lowest BCUT2D eigenvalue weighted by molar-refractivity contribution is -0.131. The molecule has 2 amide bonds. The van der Waals surface area contributed by atoms with Gasteiger partial charge in [0.2, 0.25) is 5.91 Å². The summed E-state index contributed by atoms with van der Waals surface area (Å²) in [6.45, 7) is 5.29. The van der Waals surface area contributed by atoms with Gasteiger partial charge in [-0.05, 0) is 66.3 Å². The van der Waals surface area contributed by atoms with Crippen LogP contribution in [0, 0.1) is 12.7 Å². The molecular weight excluding hydrogens is 565 g/mol. The molecule has 3 unspecified atom stereocenters. The predicted octanol–water partition coefficient (Wildman–Crippen LogP) is 5.50. The maximum Gasteiger partial charge on any atom is 0.411 e. The fourth-order valence-electron chi connectivity index (χ4n) is 5.38. The van der Waals surface area contributed by atoms with E-state index in [1.807, 2.05) is 56.3 Å². The molecule has 0 saturated carbocycles. The molecule has 2 aliphatic rings. The number of nitrogens with two attached hydrogens (primary N) is 1. The van der Waals surface area contributed by atoms with Crippen molar-refractivity contribution in [1.82, 2.24) is 9.88 Å². The molecule has 3 aromatic carbocycles. The fourth-order valence-corrected chi connectivity index (χ4v) is 5.38. The van der Waals surface area contributed by atoms with Gasteiger partial charge in [-0.1, -0.05) is 25.1 Å². The number of pyridine rings is 1. The maximum atomic E-state index is 15.3. The molecule has 11 heteroatoms. The number of anilines is 3. The Morgan fingerprint density at radius 2 is 2.00 bits per heavy atom. The van der Waals surface area contributed by atoms with E-state index in [9.17, 15) is 14.7 Å². The Labute approximate surface area is 255 Å². The molecule has 44 heavy (non-hydrogen) atoms. The number of aliphatic hydroxyl groups is 1. The molecule has 5 N–H and O–H groups in total. The number of carbonyl (C=O) groups is 2. The highest BCUT2D eigenvalue weighted by Gasteiger charge is 2.27. The molecule has 3 atom stereocenters. The number of fused-ring (bicyclic) bond motifs is 10. The zero-order valence-electron chi connectivity index (χ0n) is 25.1. The van der Waals surface area contributed by atoms with Crippen LogP contribution in [-0.4, -0.2) is 53.4 Å². The van der Waals surface area contributed by atoms with Gasteiger partial charge < -0.3 is 30.5 Å². The number of ether oxygens (including phenoxy) is 2. The van der Waals surface area contributed by atoms with Crippen LogP contribution in [0.15, 0.2) is 60.8 Å². The summed E-state index contributed by atoms with van der Waals surface area (Å²) in [5.41, 5.74) is 9.82. The van der Waals surface area contributed by atoms with E-state index in [4.69, 9.17) is 15.2 Å². The average Bonchev–Trinajstić information content (AvgIpc) is 2.97. The number of carbonyl (C=O) groups excluding carboxylic acids is 2. The lowest BCUT2D eigenvalue weighted by atomic mass is 9.93. The number of likely N-dealkylation sites (N-methyl/N-ethyl adjacent to an activating group) is 1. The summed E-state index contributed by atoms with van der Waals surface area (Å²) in [6.07, 6.45) is 0.0460. The third-order valence-electron chi connectivity index (χ3n) is 7.60. The number of amides is 2. The first-order chi connectivity index (χ1) is 21.0. The van der Waals surface area contributed by atoms with Crippen LogP contribution in [0.1, 0.15) is 48.1 Å². The third-order valence-corrected chi connectivity index (χ3v) is 7.60. The number of nitrogens with one attached hydrogen (secondary N) is 2. The zero-order chi connectivity index (χ0) is 31.5. The van der Waals surface area contributed by atoms with Crippen LogP contribution in [0.5, 0.6) is 5.75 Å². The monoisotopic (exact) mass is 601 g/mol. The van der Waals surface area contributed by atoms with Crippen molar-refractivity contribution in [2.75, 3.05) is 36.6 Å². The van der Waals surface area contributed by atoms with E-state index < -0.39 is 24.1 Å². The average molecular weight is 602 g/mol. The Balaban J connectivity index is 1.58. The van der Waals surface area contributed by atoms with Crippen LogP contribution in [-0.2, 0) is 16.1 Å². The van der Waals surface area contributed by atoms with E-state index in [0.29, 0.717) is 17.1 Å². The summed E-state index contributed by atoms with van der Waals surface area (Å²) in [7, 11) is 1.61. The van der Waals surface area contributed by atoms with Crippen molar-refractivity contribution in [3.63, 3.8) is 0 Å². The molecule has 6 rings (SSSR count). The highest BCUT2D eigenvalue weighted by molar-refractivity contribution is 5.94. The lowest BCUT2D eigenvalue weighted by Gasteiger charge is -2.28. The second-order valence-corrected chi connectivity index (χ2v) is 11.3. The van der Waals surface area contributed by atoms with Crippen LogP contribution in [0.2, 0.25) is 0 Å². The van der Waals surface area contributed by atoms with E-state index in [-0.39, 0.29) is 43.0 Å². The van der Waals surface area contributed by atoms with Gasteiger partial charge in [0.05, 0.1) is 12.7 Å². The molecule has 0 spiro atoms. The van der Waals surface area contributed by atoms with Crippen LogP contribution in [0.4, 0.5) is 26.4 Å². The first-order valence-electron chi connectivity index (χ1n) is 14.3. The predicted molar refractivity (Wildman–Crippen MR) is 167 cm³/mol. The number of benzene rings is 3. The van der Waals surface area contributed by atoms with Gasteiger partial charge in [-0.25, -0.2) is 14.2 Å². The Kier molecular flexibility index (Phi) is 8.86. The molecule has 1 aromatic heterocycles. The van der Waals surface area contributed by atoms with Crippen molar-refractivity contribution in [3.05, 3.63) is 88.9 Å². The smallest absolute Gasteiger partial charge is 0.411 e. The minimum atomic E-state index is -0.852. The SMILES string of the molecule is Cc1cc2ccc1C(C)COC(=O)Nc1cc(F)c(OCC(C)O)c(c1)CN(C)C(=O)C2Nc1ccc2c(N)nccc2c1. The first kappa shape index (κ1) is 30.6. The molecule has 4 aromatic rings. The van der Waals surface area contributed by atoms with Gasteiger partial charge in [-0.2, -0.15) is 0 Å². The zero-order valence-corrected chi connectivity index (χ0v) is 25.1. The minimum absolute atomic E-state index is 0.0539. The largest absolute Gasteiger partial charge is 0.487 e. The number of halogens is 1. The summed E-state index contributed by atoms with van der Waals surface area (Å²) in [5, 5.41) is 17.4. The Hall–Kier alpha value is -4.90.